The second-order valence-electron chi connectivity index (χ2n) is 6.38. The number of halogens is 2. The van der Waals surface area contributed by atoms with Crippen LogP contribution >= 0.6 is 23.2 Å². The predicted octanol–water partition coefficient (Wildman–Crippen LogP) is 4.73. The van der Waals surface area contributed by atoms with Gasteiger partial charge >= 0.3 is 0 Å². The minimum Gasteiger partial charge on any atom is -0.323 e. The fourth-order valence-corrected chi connectivity index (χ4v) is 3.50. The molecule has 1 aromatic carbocycles. The first-order chi connectivity index (χ1) is 10.4. The Labute approximate surface area is 142 Å². The van der Waals surface area contributed by atoms with Gasteiger partial charge in [-0.05, 0) is 43.4 Å². The van der Waals surface area contributed by atoms with Gasteiger partial charge < -0.3 is 10.6 Å². The zero-order valence-corrected chi connectivity index (χ0v) is 14.8. The zero-order valence-electron chi connectivity index (χ0n) is 13.3. The van der Waals surface area contributed by atoms with Crippen LogP contribution in [0, 0.1) is 11.8 Å². The van der Waals surface area contributed by atoms with Crippen LogP contribution in [-0.4, -0.2) is 18.0 Å². The van der Waals surface area contributed by atoms with Gasteiger partial charge in [0.2, 0.25) is 5.91 Å². The van der Waals surface area contributed by atoms with Gasteiger partial charge in [0.25, 0.3) is 0 Å². The number of benzene rings is 1. The maximum Gasteiger partial charge on any atom is 0.241 e. The molecule has 22 heavy (non-hydrogen) atoms. The highest BCUT2D eigenvalue weighted by molar-refractivity contribution is 6.36. The summed E-state index contributed by atoms with van der Waals surface area (Å²) in [6.45, 7) is 6.45. The van der Waals surface area contributed by atoms with Crippen LogP contribution in [0.1, 0.15) is 40.0 Å². The fraction of sp³-hybridized carbons (Fsp3) is 0.588. The Kier molecular flexibility index (Phi) is 6.13. The molecule has 1 aliphatic rings. The van der Waals surface area contributed by atoms with Crippen molar-refractivity contribution in [3.63, 3.8) is 0 Å². The number of hydrogen-bond donors (Lipinski definition) is 2. The number of anilines is 1. The Morgan fingerprint density at radius 1 is 1.27 bits per heavy atom. The van der Waals surface area contributed by atoms with E-state index in [0.717, 1.165) is 6.42 Å². The first-order valence-corrected chi connectivity index (χ1v) is 8.66. The average molecular weight is 343 g/mol. The van der Waals surface area contributed by atoms with E-state index in [0.29, 0.717) is 33.6 Å². The lowest BCUT2D eigenvalue weighted by Gasteiger charge is -2.36. The van der Waals surface area contributed by atoms with E-state index in [1.165, 1.54) is 12.8 Å². The molecule has 0 unspecified atom stereocenters. The van der Waals surface area contributed by atoms with Gasteiger partial charge in [0.15, 0.2) is 0 Å². The average Bonchev–Trinajstić information content (AvgIpc) is 2.46. The second-order valence-corrected chi connectivity index (χ2v) is 7.22. The van der Waals surface area contributed by atoms with Crippen LogP contribution in [0.15, 0.2) is 18.2 Å². The van der Waals surface area contributed by atoms with Gasteiger partial charge in [-0.1, -0.05) is 49.9 Å². The summed E-state index contributed by atoms with van der Waals surface area (Å²) in [7, 11) is 0. The Hall–Kier alpha value is -0.770. The van der Waals surface area contributed by atoms with Crippen LogP contribution < -0.4 is 10.6 Å². The standard InChI is InChI=1S/C17H24Cl2N2O/c1-10-5-4-6-15(11(10)2)20-12(3)17(22)21-16-8-7-13(18)9-14(16)19/h7-12,15,20H,4-6H2,1-3H3,(H,21,22)/t10-,11+,12-,15+/m0/s1. The maximum absolute atomic E-state index is 12.3. The quantitative estimate of drug-likeness (QED) is 0.829. The zero-order chi connectivity index (χ0) is 16.3. The van der Waals surface area contributed by atoms with Crippen molar-refractivity contribution in [2.75, 3.05) is 5.32 Å². The fourth-order valence-electron chi connectivity index (χ4n) is 3.05. The molecule has 0 radical (unpaired) electrons. The van der Waals surface area contributed by atoms with Crippen molar-refractivity contribution in [1.29, 1.82) is 0 Å². The monoisotopic (exact) mass is 342 g/mol. The van der Waals surface area contributed by atoms with Crippen molar-refractivity contribution in [3.8, 4) is 0 Å². The maximum atomic E-state index is 12.3. The third kappa shape index (κ3) is 4.37. The van der Waals surface area contributed by atoms with E-state index >= 15 is 0 Å². The Balaban J connectivity index is 1.94. The number of hydrogen-bond acceptors (Lipinski definition) is 2. The van der Waals surface area contributed by atoms with Crippen molar-refractivity contribution in [3.05, 3.63) is 28.2 Å². The second kappa shape index (κ2) is 7.67. The van der Waals surface area contributed by atoms with E-state index in [-0.39, 0.29) is 11.9 Å². The van der Waals surface area contributed by atoms with Crippen LogP contribution in [0.2, 0.25) is 10.0 Å². The van der Waals surface area contributed by atoms with Crippen molar-refractivity contribution in [2.45, 2.75) is 52.1 Å². The topological polar surface area (TPSA) is 41.1 Å². The molecule has 5 heteroatoms. The molecule has 1 aromatic rings. The number of carbonyl (C=O) groups is 1. The molecule has 4 atom stereocenters. The third-order valence-corrected chi connectivity index (χ3v) is 5.30. The molecule has 2 N–H and O–H groups in total. The number of rotatable bonds is 4. The van der Waals surface area contributed by atoms with E-state index in [2.05, 4.69) is 24.5 Å². The predicted molar refractivity (Wildman–Crippen MR) is 93.7 cm³/mol. The first kappa shape index (κ1) is 17.6. The van der Waals surface area contributed by atoms with Crippen LogP contribution in [0.4, 0.5) is 5.69 Å². The van der Waals surface area contributed by atoms with Crippen molar-refractivity contribution in [2.24, 2.45) is 11.8 Å². The summed E-state index contributed by atoms with van der Waals surface area (Å²) in [4.78, 5) is 12.3. The molecule has 1 aliphatic carbocycles. The molecule has 1 amide bonds. The number of carbonyl (C=O) groups excluding carboxylic acids is 1. The molecule has 0 aliphatic heterocycles. The van der Waals surface area contributed by atoms with Crippen molar-refractivity contribution >= 4 is 34.8 Å². The summed E-state index contributed by atoms with van der Waals surface area (Å²) in [5.74, 6) is 1.21. The summed E-state index contributed by atoms with van der Waals surface area (Å²) < 4.78 is 0. The minimum absolute atomic E-state index is 0.0744. The van der Waals surface area contributed by atoms with Gasteiger partial charge in [0, 0.05) is 11.1 Å². The van der Waals surface area contributed by atoms with Crippen LogP contribution in [0.25, 0.3) is 0 Å². The number of amides is 1. The van der Waals surface area contributed by atoms with Gasteiger partial charge in [0.1, 0.15) is 0 Å². The van der Waals surface area contributed by atoms with E-state index in [1.54, 1.807) is 18.2 Å². The molecule has 0 heterocycles. The molecule has 1 saturated carbocycles. The van der Waals surface area contributed by atoms with Gasteiger partial charge in [0.05, 0.1) is 16.8 Å². The van der Waals surface area contributed by atoms with E-state index in [9.17, 15) is 4.79 Å². The lowest BCUT2D eigenvalue weighted by molar-refractivity contribution is -0.118. The van der Waals surface area contributed by atoms with Gasteiger partial charge in [-0.25, -0.2) is 0 Å². The van der Waals surface area contributed by atoms with Crippen LogP contribution in [0.5, 0.6) is 0 Å². The van der Waals surface area contributed by atoms with Crippen LogP contribution in [-0.2, 0) is 4.79 Å². The molecular weight excluding hydrogens is 319 g/mol. The summed E-state index contributed by atoms with van der Waals surface area (Å²) in [6, 6.07) is 5.20. The highest BCUT2D eigenvalue weighted by Gasteiger charge is 2.29. The Morgan fingerprint density at radius 3 is 2.68 bits per heavy atom. The summed E-state index contributed by atoms with van der Waals surface area (Å²) in [5, 5.41) is 7.34. The summed E-state index contributed by atoms with van der Waals surface area (Å²) in [5.41, 5.74) is 0.592. The van der Waals surface area contributed by atoms with Crippen molar-refractivity contribution < 1.29 is 4.79 Å². The molecule has 0 bridgehead atoms. The highest BCUT2D eigenvalue weighted by Crippen LogP contribution is 2.30. The van der Waals surface area contributed by atoms with Gasteiger partial charge in [-0.15, -0.1) is 0 Å². The van der Waals surface area contributed by atoms with Crippen LogP contribution in [0.3, 0.4) is 0 Å². The van der Waals surface area contributed by atoms with Crippen molar-refractivity contribution in [1.82, 2.24) is 5.32 Å². The van der Waals surface area contributed by atoms with E-state index in [1.807, 2.05) is 6.92 Å². The smallest absolute Gasteiger partial charge is 0.241 e. The number of nitrogens with one attached hydrogen (secondary N) is 2. The van der Waals surface area contributed by atoms with E-state index < -0.39 is 0 Å². The molecule has 3 nitrogen and oxygen atoms in total. The third-order valence-electron chi connectivity index (χ3n) is 4.75. The molecule has 0 aromatic heterocycles. The molecule has 0 saturated heterocycles. The SMILES string of the molecule is C[C@@H]1[C@@H](C)CCC[C@H]1N[C@@H](C)C(=O)Nc1ccc(Cl)cc1Cl. The molecule has 1 fully saturated rings. The Morgan fingerprint density at radius 2 is 2.00 bits per heavy atom. The molecule has 122 valence electrons. The van der Waals surface area contributed by atoms with Gasteiger partial charge in [-0.2, -0.15) is 0 Å². The summed E-state index contributed by atoms with van der Waals surface area (Å²) >= 11 is 12.0. The highest BCUT2D eigenvalue weighted by atomic mass is 35.5. The van der Waals surface area contributed by atoms with E-state index in [4.69, 9.17) is 23.2 Å². The lowest BCUT2D eigenvalue weighted by Crippen LogP contribution is -2.49. The largest absolute Gasteiger partial charge is 0.323 e. The Bertz CT molecular complexity index is 535. The molecular formula is C17H24Cl2N2O. The molecule has 2 rings (SSSR count). The summed E-state index contributed by atoms with van der Waals surface area (Å²) in [6.07, 6.45) is 3.63. The molecule has 0 spiro atoms. The lowest BCUT2D eigenvalue weighted by atomic mass is 9.78. The normalized spacial score (nSPS) is 26.5. The minimum atomic E-state index is -0.260. The first-order valence-electron chi connectivity index (χ1n) is 7.90. The van der Waals surface area contributed by atoms with Gasteiger partial charge in [-0.3, -0.25) is 4.79 Å².